The minimum Gasteiger partial charge on any atom is -0.315 e. The fraction of sp³-hybridized carbons (Fsp3) is 0.727. The van der Waals surface area contributed by atoms with E-state index in [0.29, 0.717) is 22.8 Å². The first-order valence-electron chi connectivity index (χ1n) is 6.12. The Morgan fingerprint density at radius 1 is 1.28 bits per heavy atom. The van der Waals surface area contributed by atoms with E-state index in [1.165, 1.54) is 7.05 Å². The number of hydrogen-bond donors (Lipinski definition) is 2. The number of rotatable bonds is 7. The smallest absolute Gasteiger partial charge is 0.243 e. The van der Waals surface area contributed by atoms with E-state index in [9.17, 15) is 8.42 Å². The van der Waals surface area contributed by atoms with Gasteiger partial charge in [-0.25, -0.2) is 13.1 Å². The van der Waals surface area contributed by atoms with Crippen molar-refractivity contribution < 1.29 is 8.42 Å². The van der Waals surface area contributed by atoms with Crippen molar-refractivity contribution in [2.75, 3.05) is 20.1 Å². The summed E-state index contributed by atoms with van der Waals surface area (Å²) in [5.41, 5.74) is 1.22. The molecular formula is C11H22N4O2S. The van der Waals surface area contributed by atoms with Gasteiger partial charge in [-0.2, -0.15) is 5.10 Å². The molecule has 0 saturated carbocycles. The number of hydrogen-bond acceptors (Lipinski definition) is 4. The molecule has 2 N–H and O–H groups in total. The predicted molar refractivity (Wildman–Crippen MR) is 71.1 cm³/mol. The summed E-state index contributed by atoms with van der Waals surface area (Å²) in [4.78, 5) is 0.292. The number of aromatic nitrogens is 2. The molecule has 1 heterocycles. The van der Waals surface area contributed by atoms with Gasteiger partial charge in [0.25, 0.3) is 0 Å². The van der Waals surface area contributed by atoms with Crippen molar-refractivity contribution in [2.45, 2.75) is 38.6 Å². The zero-order valence-electron chi connectivity index (χ0n) is 11.4. The Morgan fingerprint density at radius 2 is 1.94 bits per heavy atom. The van der Waals surface area contributed by atoms with Gasteiger partial charge in [0.05, 0.1) is 17.9 Å². The molecule has 0 aliphatic heterocycles. The molecule has 0 aliphatic carbocycles. The van der Waals surface area contributed by atoms with Crippen LogP contribution in [0.4, 0.5) is 0 Å². The monoisotopic (exact) mass is 274 g/mol. The third-order valence-electron chi connectivity index (χ3n) is 2.78. The Bertz CT molecular complexity index is 493. The molecule has 0 fully saturated rings. The largest absolute Gasteiger partial charge is 0.315 e. The second-order valence-electron chi connectivity index (χ2n) is 4.18. The van der Waals surface area contributed by atoms with Crippen LogP contribution < -0.4 is 10.0 Å². The minimum atomic E-state index is -3.43. The van der Waals surface area contributed by atoms with Gasteiger partial charge in [-0.15, -0.1) is 0 Å². The molecule has 104 valence electrons. The SMILES string of the molecule is CCCNCCn1nc(C)c(S(=O)(=O)NC)c1C. The molecule has 0 amide bonds. The maximum atomic E-state index is 11.9. The van der Waals surface area contributed by atoms with Crippen molar-refractivity contribution in [3.63, 3.8) is 0 Å². The number of nitrogens with one attached hydrogen (secondary N) is 2. The molecule has 18 heavy (non-hydrogen) atoms. The minimum absolute atomic E-state index is 0.292. The second kappa shape index (κ2) is 6.31. The highest BCUT2D eigenvalue weighted by molar-refractivity contribution is 7.89. The normalized spacial score (nSPS) is 12.0. The van der Waals surface area contributed by atoms with Crippen LogP contribution >= 0.6 is 0 Å². The van der Waals surface area contributed by atoms with Crippen molar-refractivity contribution in [3.8, 4) is 0 Å². The van der Waals surface area contributed by atoms with Crippen LogP contribution in [0.3, 0.4) is 0 Å². The summed E-state index contributed by atoms with van der Waals surface area (Å²) in [6.07, 6.45) is 1.08. The maximum absolute atomic E-state index is 11.9. The Labute approximate surface area is 109 Å². The summed E-state index contributed by atoms with van der Waals surface area (Å²) >= 11 is 0. The third kappa shape index (κ3) is 3.30. The highest BCUT2D eigenvalue weighted by Gasteiger charge is 2.22. The summed E-state index contributed by atoms with van der Waals surface area (Å²) in [5.74, 6) is 0. The molecule has 0 aromatic carbocycles. The predicted octanol–water partition coefficient (Wildman–Crippen LogP) is 0.408. The van der Waals surface area contributed by atoms with E-state index in [1.54, 1.807) is 18.5 Å². The molecule has 0 unspecified atom stereocenters. The van der Waals surface area contributed by atoms with Crippen LogP contribution in [0.25, 0.3) is 0 Å². The first-order valence-corrected chi connectivity index (χ1v) is 7.60. The third-order valence-corrected chi connectivity index (χ3v) is 4.45. The topological polar surface area (TPSA) is 76.0 Å². The maximum Gasteiger partial charge on any atom is 0.243 e. The molecule has 0 atom stereocenters. The lowest BCUT2D eigenvalue weighted by atomic mass is 10.4. The zero-order chi connectivity index (χ0) is 13.8. The molecule has 1 aromatic rings. The molecule has 7 heteroatoms. The van der Waals surface area contributed by atoms with Crippen molar-refractivity contribution >= 4 is 10.0 Å². The molecule has 6 nitrogen and oxygen atoms in total. The van der Waals surface area contributed by atoms with Crippen LogP contribution in [-0.4, -0.2) is 38.3 Å². The number of aryl methyl sites for hydroxylation is 1. The zero-order valence-corrected chi connectivity index (χ0v) is 12.3. The Hall–Kier alpha value is -0.920. The lowest BCUT2D eigenvalue weighted by Crippen LogP contribution is -2.22. The molecule has 0 aliphatic rings. The fourth-order valence-corrected chi connectivity index (χ4v) is 3.00. The number of nitrogens with zero attached hydrogens (tertiary/aromatic N) is 2. The van der Waals surface area contributed by atoms with Crippen LogP contribution in [0.15, 0.2) is 4.90 Å². The Morgan fingerprint density at radius 3 is 2.50 bits per heavy atom. The van der Waals surface area contributed by atoms with Gasteiger partial charge < -0.3 is 5.32 Å². The van der Waals surface area contributed by atoms with Gasteiger partial charge in [-0.05, 0) is 33.9 Å². The van der Waals surface area contributed by atoms with Crippen LogP contribution in [0, 0.1) is 13.8 Å². The summed E-state index contributed by atoms with van der Waals surface area (Å²) in [5, 5.41) is 7.55. The van der Waals surface area contributed by atoms with Gasteiger partial charge >= 0.3 is 0 Å². The molecule has 0 bridgehead atoms. The van der Waals surface area contributed by atoms with Crippen LogP contribution in [0.2, 0.25) is 0 Å². The molecule has 1 aromatic heterocycles. The fourth-order valence-electron chi connectivity index (χ4n) is 1.88. The first-order chi connectivity index (χ1) is 8.44. The van der Waals surface area contributed by atoms with Crippen molar-refractivity contribution in [3.05, 3.63) is 11.4 Å². The van der Waals surface area contributed by atoms with E-state index < -0.39 is 10.0 Å². The van der Waals surface area contributed by atoms with Crippen molar-refractivity contribution in [1.82, 2.24) is 19.8 Å². The molecule has 0 saturated heterocycles. The van der Waals surface area contributed by atoms with Crippen LogP contribution in [0.1, 0.15) is 24.7 Å². The van der Waals surface area contributed by atoms with E-state index >= 15 is 0 Å². The highest BCUT2D eigenvalue weighted by atomic mass is 32.2. The number of sulfonamides is 1. The van der Waals surface area contributed by atoms with Gasteiger partial charge in [-0.3, -0.25) is 4.68 Å². The summed E-state index contributed by atoms with van der Waals surface area (Å²) < 4.78 is 27.8. The van der Waals surface area contributed by atoms with Crippen LogP contribution in [-0.2, 0) is 16.6 Å². The van der Waals surface area contributed by atoms with Gasteiger partial charge in [0, 0.05) is 6.54 Å². The second-order valence-corrected chi connectivity index (χ2v) is 6.00. The van der Waals surface area contributed by atoms with Gasteiger partial charge in [0.2, 0.25) is 10.0 Å². The Balaban J connectivity index is 2.88. The standard InChI is InChI=1S/C11H22N4O2S/c1-5-6-13-7-8-15-10(3)11(9(2)14-15)18(16,17)12-4/h12-13H,5-8H2,1-4H3. The van der Waals surface area contributed by atoms with Gasteiger partial charge in [-0.1, -0.05) is 6.92 Å². The average molecular weight is 274 g/mol. The van der Waals surface area contributed by atoms with Crippen molar-refractivity contribution in [1.29, 1.82) is 0 Å². The van der Waals surface area contributed by atoms with E-state index in [2.05, 4.69) is 22.1 Å². The van der Waals surface area contributed by atoms with E-state index in [-0.39, 0.29) is 0 Å². The summed E-state index contributed by atoms with van der Waals surface area (Å²) in [6, 6.07) is 0. The Kier molecular flexibility index (Phi) is 5.30. The molecule has 0 spiro atoms. The van der Waals surface area contributed by atoms with Crippen LogP contribution in [0.5, 0.6) is 0 Å². The average Bonchev–Trinajstić information content (AvgIpc) is 2.60. The molecule has 1 rings (SSSR count). The summed E-state index contributed by atoms with van der Waals surface area (Å²) in [7, 11) is -2.02. The van der Waals surface area contributed by atoms with Gasteiger partial charge in [0.15, 0.2) is 0 Å². The van der Waals surface area contributed by atoms with E-state index in [0.717, 1.165) is 19.5 Å². The van der Waals surface area contributed by atoms with E-state index in [1.807, 2.05) is 0 Å². The first kappa shape index (κ1) is 15.1. The quantitative estimate of drug-likeness (QED) is 0.706. The highest BCUT2D eigenvalue weighted by Crippen LogP contribution is 2.18. The van der Waals surface area contributed by atoms with Crippen molar-refractivity contribution in [2.24, 2.45) is 0 Å². The molecular weight excluding hydrogens is 252 g/mol. The molecule has 0 radical (unpaired) electrons. The lowest BCUT2D eigenvalue weighted by molar-refractivity contribution is 0.540. The summed E-state index contributed by atoms with van der Waals surface area (Å²) in [6.45, 7) is 8.02. The lowest BCUT2D eigenvalue weighted by Gasteiger charge is -2.06. The van der Waals surface area contributed by atoms with E-state index in [4.69, 9.17) is 0 Å². The van der Waals surface area contributed by atoms with Gasteiger partial charge in [0.1, 0.15) is 4.90 Å².